The van der Waals surface area contributed by atoms with Gasteiger partial charge in [0.25, 0.3) is 0 Å². The van der Waals surface area contributed by atoms with Crippen LogP contribution in [0.3, 0.4) is 0 Å². The molecule has 1 aromatic carbocycles. The first kappa shape index (κ1) is 17.8. The Bertz CT molecular complexity index is 515. The third kappa shape index (κ3) is 5.63. The van der Waals surface area contributed by atoms with Crippen LogP contribution in [0.4, 0.5) is 0 Å². The predicted octanol–water partition coefficient (Wildman–Crippen LogP) is 2.01. The van der Waals surface area contributed by atoms with E-state index in [1.807, 2.05) is 19.1 Å². The summed E-state index contributed by atoms with van der Waals surface area (Å²) < 4.78 is 10.8. The van der Waals surface area contributed by atoms with E-state index in [9.17, 15) is 9.59 Å². The summed E-state index contributed by atoms with van der Waals surface area (Å²) in [5.74, 6) is 0.0380. The highest BCUT2D eigenvalue weighted by molar-refractivity contribution is 5.83. The van der Waals surface area contributed by atoms with Crippen LogP contribution in [0.2, 0.25) is 0 Å². The summed E-state index contributed by atoms with van der Waals surface area (Å²) in [4.78, 5) is 22.4. The number of methoxy groups -OCH3 is 1. The van der Waals surface area contributed by atoms with Crippen LogP contribution in [0.1, 0.15) is 32.3 Å². The smallest absolute Gasteiger partial charge is 0.325 e. The van der Waals surface area contributed by atoms with E-state index in [1.54, 1.807) is 13.2 Å². The SMILES string of the molecule is CCCOc1cc(OC)ccc1CCC(=O)NC(C)C(=O)O. The summed E-state index contributed by atoms with van der Waals surface area (Å²) in [5, 5.41) is 11.2. The van der Waals surface area contributed by atoms with Crippen LogP contribution in [0.5, 0.6) is 11.5 Å². The molecule has 0 aromatic heterocycles. The highest BCUT2D eigenvalue weighted by atomic mass is 16.5. The van der Waals surface area contributed by atoms with E-state index in [0.717, 1.165) is 12.0 Å². The summed E-state index contributed by atoms with van der Waals surface area (Å²) in [6.45, 7) is 4.03. The molecule has 0 radical (unpaired) electrons. The van der Waals surface area contributed by atoms with Crippen molar-refractivity contribution in [2.45, 2.75) is 39.2 Å². The van der Waals surface area contributed by atoms with Crippen molar-refractivity contribution in [1.82, 2.24) is 5.32 Å². The second-order valence-electron chi connectivity index (χ2n) is 4.95. The summed E-state index contributed by atoms with van der Waals surface area (Å²) in [5.41, 5.74) is 0.896. The lowest BCUT2D eigenvalue weighted by Gasteiger charge is -2.13. The Hall–Kier alpha value is -2.24. The van der Waals surface area contributed by atoms with Crippen molar-refractivity contribution < 1.29 is 24.2 Å². The molecule has 22 heavy (non-hydrogen) atoms. The number of aryl methyl sites for hydroxylation is 1. The number of nitrogens with one attached hydrogen (secondary N) is 1. The van der Waals surface area contributed by atoms with Gasteiger partial charge in [-0.15, -0.1) is 0 Å². The number of carboxylic acid groups (broad SMARTS) is 1. The molecule has 0 aliphatic rings. The molecule has 0 heterocycles. The minimum absolute atomic E-state index is 0.201. The Morgan fingerprint density at radius 2 is 2.09 bits per heavy atom. The van der Waals surface area contributed by atoms with Gasteiger partial charge in [0.2, 0.25) is 5.91 Å². The molecule has 0 aliphatic carbocycles. The second kappa shape index (κ2) is 8.92. The molecule has 1 unspecified atom stereocenters. The molecule has 6 heteroatoms. The average molecular weight is 309 g/mol. The zero-order chi connectivity index (χ0) is 16.5. The van der Waals surface area contributed by atoms with Crippen LogP contribution in [0.15, 0.2) is 18.2 Å². The molecule has 1 aromatic rings. The fourth-order valence-electron chi connectivity index (χ4n) is 1.84. The Morgan fingerprint density at radius 3 is 2.68 bits per heavy atom. The lowest BCUT2D eigenvalue weighted by molar-refractivity contribution is -0.141. The molecule has 1 amide bonds. The lowest BCUT2D eigenvalue weighted by atomic mass is 10.1. The van der Waals surface area contributed by atoms with Gasteiger partial charge >= 0.3 is 5.97 Å². The van der Waals surface area contributed by atoms with Crippen LogP contribution >= 0.6 is 0 Å². The van der Waals surface area contributed by atoms with E-state index in [4.69, 9.17) is 14.6 Å². The van der Waals surface area contributed by atoms with E-state index in [0.29, 0.717) is 24.5 Å². The standard InChI is InChI=1S/C16H23NO5/c1-4-9-22-14-10-13(21-3)7-5-12(14)6-8-15(18)17-11(2)16(19)20/h5,7,10-11H,4,6,8-9H2,1-3H3,(H,17,18)(H,19,20). The number of carbonyl (C=O) groups is 2. The van der Waals surface area contributed by atoms with Gasteiger partial charge in [-0.3, -0.25) is 9.59 Å². The van der Waals surface area contributed by atoms with Crippen molar-refractivity contribution in [2.24, 2.45) is 0 Å². The minimum atomic E-state index is -1.05. The number of carbonyl (C=O) groups excluding carboxylic acids is 1. The molecule has 2 N–H and O–H groups in total. The summed E-state index contributed by atoms with van der Waals surface area (Å²) in [6, 6.07) is 4.58. The zero-order valence-corrected chi connectivity index (χ0v) is 13.2. The monoisotopic (exact) mass is 309 g/mol. The van der Waals surface area contributed by atoms with Crippen molar-refractivity contribution >= 4 is 11.9 Å². The molecule has 0 saturated heterocycles. The Labute approximate surface area is 130 Å². The molecular formula is C16H23NO5. The van der Waals surface area contributed by atoms with Gasteiger partial charge in [0, 0.05) is 12.5 Å². The largest absolute Gasteiger partial charge is 0.497 e. The van der Waals surface area contributed by atoms with Crippen molar-refractivity contribution in [3.63, 3.8) is 0 Å². The maximum absolute atomic E-state index is 11.7. The third-order valence-electron chi connectivity index (χ3n) is 3.11. The number of amides is 1. The number of aliphatic carboxylic acids is 1. The van der Waals surface area contributed by atoms with Gasteiger partial charge in [-0.2, -0.15) is 0 Å². The molecule has 0 bridgehead atoms. The highest BCUT2D eigenvalue weighted by Crippen LogP contribution is 2.26. The molecule has 122 valence electrons. The van der Waals surface area contributed by atoms with Crippen LogP contribution in [0, 0.1) is 0 Å². The first-order valence-corrected chi connectivity index (χ1v) is 7.29. The molecule has 0 saturated carbocycles. The van der Waals surface area contributed by atoms with Gasteiger partial charge in [-0.1, -0.05) is 13.0 Å². The van der Waals surface area contributed by atoms with Crippen molar-refractivity contribution in [3.05, 3.63) is 23.8 Å². The van der Waals surface area contributed by atoms with Crippen LogP contribution in [-0.4, -0.2) is 36.7 Å². The number of rotatable bonds is 9. The summed E-state index contributed by atoms with van der Waals surface area (Å²) in [6.07, 6.45) is 1.56. The number of hydrogen-bond acceptors (Lipinski definition) is 4. The molecule has 0 spiro atoms. The molecular weight excluding hydrogens is 286 g/mol. The second-order valence-corrected chi connectivity index (χ2v) is 4.95. The maximum Gasteiger partial charge on any atom is 0.325 e. The summed E-state index contributed by atoms with van der Waals surface area (Å²) in [7, 11) is 1.58. The minimum Gasteiger partial charge on any atom is -0.497 e. The number of hydrogen-bond donors (Lipinski definition) is 2. The quantitative estimate of drug-likeness (QED) is 0.729. The van der Waals surface area contributed by atoms with Gasteiger partial charge in [0.15, 0.2) is 0 Å². The van der Waals surface area contributed by atoms with Gasteiger partial charge < -0.3 is 19.9 Å². The Morgan fingerprint density at radius 1 is 1.36 bits per heavy atom. The fourth-order valence-corrected chi connectivity index (χ4v) is 1.84. The molecule has 1 atom stereocenters. The number of ether oxygens (including phenoxy) is 2. The Kier molecular flexibility index (Phi) is 7.22. The van der Waals surface area contributed by atoms with E-state index in [-0.39, 0.29) is 12.3 Å². The predicted molar refractivity (Wildman–Crippen MR) is 82.3 cm³/mol. The summed E-state index contributed by atoms with van der Waals surface area (Å²) >= 11 is 0. The van der Waals surface area contributed by atoms with Crippen LogP contribution in [-0.2, 0) is 16.0 Å². The topological polar surface area (TPSA) is 84.9 Å². The molecule has 1 rings (SSSR count). The van der Waals surface area contributed by atoms with Crippen LogP contribution < -0.4 is 14.8 Å². The fraction of sp³-hybridized carbons (Fsp3) is 0.500. The van der Waals surface area contributed by atoms with E-state index in [2.05, 4.69) is 5.32 Å². The van der Waals surface area contributed by atoms with Gasteiger partial charge in [-0.25, -0.2) is 0 Å². The van der Waals surface area contributed by atoms with Gasteiger partial charge in [0.05, 0.1) is 13.7 Å². The van der Waals surface area contributed by atoms with Crippen molar-refractivity contribution in [1.29, 1.82) is 0 Å². The third-order valence-corrected chi connectivity index (χ3v) is 3.11. The highest BCUT2D eigenvalue weighted by Gasteiger charge is 2.14. The van der Waals surface area contributed by atoms with E-state index < -0.39 is 12.0 Å². The molecule has 0 fully saturated rings. The van der Waals surface area contributed by atoms with Gasteiger partial charge in [-0.05, 0) is 31.4 Å². The molecule has 0 aliphatic heterocycles. The van der Waals surface area contributed by atoms with Crippen LogP contribution in [0.25, 0.3) is 0 Å². The van der Waals surface area contributed by atoms with Crippen molar-refractivity contribution in [2.75, 3.05) is 13.7 Å². The maximum atomic E-state index is 11.7. The lowest BCUT2D eigenvalue weighted by Crippen LogP contribution is -2.38. The van der Waals surface area contributed by atoms with E-state index >= 15 is 0 Å². The van der Waals surface area contributed by atoms with E-state index in [1.165, 1.54) is 6.92 Å². The average Bonchev–Trinajstić information content (AvgIpc) is 2.50. The van der Waals surface area contributed by atoms with Gasteiger partial charge in [0.1, 0.15) is 17.5 Å². The normalized spacial score (nSPS) is 11.6. The first-order valence-electron chi connectivity index (χ1n) is 7.29. The first-order chi connectivity index (χ1) is 10.5. The Balaban J connectivity index is 2.67. The van der Waals surface area contributed by atoms with Crippen molar-refractivity contribution in [3.8, 4) is 11.5 Å². The zero-order valence-electron chi connectivity index (χ0n) is 13.2. The molecule has 6 nitrogen and oxygen atoms in total. The number of carboxylic acids is 1. The number of benzene rings is 1.